The summed E-state index contributed by atoms with van der Waals surface area (Å²) in [4.78, 5) is 4.03. The fraction of sp³-hybridized carbons (Fsp3) is 0.312. The fourth-order valence-corrected chi connectivity index (χ4v) is 2.22. The van der Waals surface area contributed by atoms with Gasteiger partial charge in [0, 0.05) is 23.9 Å². The smallest absolute Gasteiger partial charge is 0.141 e. The minimum atomic E-state index is -0.231. The number of aryl methyl sites for hydroxylation is 1. The van der Waals surface area contributed by atoms with Gasteiger partial charge in [0.2, 0.25) is 0 Å². The Kier molecular flexibility index (Phi) is 5.27. The van der Waals surface area contributed by atoms with E-state index in [-0.39, 0.29) is 25.0 Å². The number of benzene rings is 1. The average molecular weight is 288 g/mol. The van der Waals surface area contributed by atoms with Crippen LogP contribution in [0.5, 0.6) is 5.75 Å². The third-order valence-corrected chi connectivity index (χ3v) is 3.51. The zero-order valence-corrected chi connectivity index (χ0v) is 12.0. The molecule has 1 unspecified atom stereocenters. The maximum Gasteiger partial charge on any atom is 0.141 e. The van der Waals surface area contributed by atoms with Gasteiger partial charge in [0.25, 0.3) is 0 Å². The van der Waals surface area contributed by atoms with Crippen molar-refractivity contribution in [3.05, 3.63) is 58.9 Å². The first-order chi connectivity index (χ1) is 10.2. The Labute approximate surface area is 123 Å². The monoisotopic (exact) mass is 288 g/mol. The van der Waals surface area contributed by atoms with E-state index < -0.39 is 0 Å². The number of hydrogen-bond donors (Lipinski definition) is 4. The summed E-state index contributed by atoms with van der Waals surface area (Å²) in [7, 11) is 0. The predicted molar refractivity (Wildman–Crippen MR) is 79.7 cm³/mol. The molecule has 2 rings (SSSR count). The van der Waals surface area contributed by atoms with E-state index in [1.807, 2.05) is 30.3 Å². The summed E-state index contributed by atoms with van der Waals surface area (Å²) in [6.07, 6.45) is 1.56. The SMILES string of the molecule is Cc1ncc(CO)c(CNC(CO)c2ccccc2)c1O. The molecule has 2 aromatic rings. The van der Waals surface area contributed by atoms with Gasteiger partial charge >= 0.3 is 0 Å². The molecule has 1 atom stereocenters. The molecular weight excluding hydrogens is 268 g/mol. The van der Waals surface area contributed by atoms with E-state index in [0.717, 1.165) is 5.56 Å². The molecule has 0 aliphatic rings. The molecule has 0 fully saturated rings. The molecule has 1 aromatic carbocycles. The average Bonchev–Trinajstić information content (AvgIpc) is 2.53. The first kappa shape index (κ1) is 15.4. The minimum absolute atomic E-state index is 0.0523. The third-order valence-electron chi connectivity index (χ3n) is 3.51. The number of nitrogens with one attached hydrogen (secondary N) is 1. The molecule has 0 saturated heterocycles. The first-order valence-corrected chi connectivity index (χ1v) is 6.83. The molecule has 5 heteroatoms. The van der Waals surface area contributed by atoms with Gasteiger partial charge in [-0.05, 0) is 12.5 Å². The van der Waals surface area contributed by atoms with E-state index in [0.29, 0.717) is 23.4 Å². The number of aromatic hydroxyl groups is 1. The quantitative estimate of drug-likeness (QED) is 0.646. The van der Waals surface area contributed by atoms with Crippen molar-refractivity contribution in [2.75, 3.05) is 6.61 Å². The molecule has 1 aromatic heterocycles. The molecular formula is C16H20N2O3. The van der Waals surface area contributed by atoms with Crippen molar-refractivity contribution >= 4 is 0 Å². The van der Waals surface area contributed by atoms with E-state index in [1.165, 1.54) is 0 Å². The molecule has 0 radical (unpaired) electrons. The number of aromatic nitrogens is 1. The highest BCUT2D eigenvalue weighted by Crippen LogP contribution is 2.24. The van der Waals surface area contributed by atoms with Crippen molar-refractivity contribution < 1.29 is 15.3 Å². The highest BCUT2D eigenvalue weighted by Gasteiger charge is 2.14. The third kappa shape index (κ3) is 3.58. The molecule has 0 amide bonds. The van der Waals surface area contributed by atoms with Gasteiger partial charge in [-0.25, -0.2) is 0 Å². The van der Waals surface area contributed by atoms with Crippen molar-refractivity contribution in [1.82, 2.24) is 10.3 Å². The van der Waals surface area contributed by atoms with Gasteiger partial charge in [0.1, 0.15) is 5.75 Å². The lowest BCUT2D eigenvalue weighted by molar-refractivity contribution is 0.242. The van der Waals surface area contributed by atoms with Crippen LogP contribution in [0.15, 0.2) is 36.5 Å². The molecule has 0 spiro atoms. The number of aliphatic hydroxyl groups excluding tert-OH is 2. The normalized spacial score (nSPS) is 12.3. The molecule has 1 heterocycles. The standard InChI is InChI=1S/C16H20N2O3/c1-11-16(21)14(13(9-19)7-17-11)8-18-15(10-20)12-5-3-2-4-6-12/h2-7,15,18-21H,8-10H2,1H3. The number of pyridine rings is 1. The van der Waals surface area contributed by atoms with Gasteiger partial charge in [0.05, 0.1) is 24.9 Å². The number of rotatable bonds is 6. The molecule has 0 bridgehead atoms. The van der Waals surface area contributed by atoms with Gasteiger partial charge in [-0.3, -0.25) is 4.98 Å². The topological polar surface area (TPSA) is 85.6 Å². The zero-order chi connectivity index (χ0) is 15.2. The molecule has 5 nitrogen and oxygen atoms in total. The summed E-state index contributed by atoms with van der Waals surface area (Å²) in [6, 6.07) is 9.36. The molecule has 0 saturated carbocycles. The van der Waals surface area contributed by atoms with Crippen LogP contribution in [0.1, 0.15) is 28.4 Å². The number of hydrogen-bond acceptors (Lipinski definition) is 5. The van der Waals surface area contributed by atoms with Crippen LogP contribution >= 0.6 is 0 Å². The van der Waals surface area contributed by atoms with Crippen LogP contribution in [0.4, 0.5) is 0 Å². The van der Waals surface area contributed by atoms with Gasteiger partial charge in [-0.1, -0.05) is 30.3 Å². The highest BCUT2D eigenvalue weighted by atomic mass is 16.3. The van der Waals surface area contributed by atoms with Gasteiger partial charge in [-0.15, -0.1) is 0 Å². The number of aliphatic hydroxyl groups is 2. The molecule has 112 valence electrons. The van der Waals surface area contributed by atoms with E-state index in [9.17, 15) is 15.3 Å². The lowest BCUT2D eigenvalue weighted by Gasteiger charge is -2.19. The Morgan fingerprint density at radius 3 is 2.52 bits per heavy atom. The lowest BCUT2D eigenvalue weighted by atomic mass is 10.1. The van der Waals surface area contributed by atoms with E-state index in [4.69, 9.17) is 0 Å². The second kappa shape index (κ2) is 7.17. The predicted octanol–water partition coefficient (Wildman–Crippen LogP) is 1.41. The Balaban J connectivity index is 2.17. The second-order valence-electron chi connectivity index (χ2n) is 4.88. The van der Waals surface area contributed by atoms with Crippen LogP contribution < -0.4 is 5.32 Å². The Morgan fingerprint density at radius 2 is 1.90 bits per heavy atom. The van der Waals surface area contributed by atoms with Crippen molar-refractivity contribution in [2.45, 2.75) is 26.1 Å². The maximum atomic E-state index is 10.1. The molecule has 0 aliphatic carbocycles. The first-order valence-electron chi connectivity index (χ1n) is 6.83. The van der Waals surface area contributed by atoms with Crippen LogP contribution in [0.25, 0.3) is 0 Å². The van der Waals surface area contributed by atoms with Crippen molar-refractivity contribution in [1.29, 1.82) is 0 Å². The molecule has 0 aliphatic heterocycles. The highest BCUT2D eigenvalue weighted by molar-refractivity contribution is 5.40. The Bertz CT molecular complexity index is 588. The van der Waals surface area contributed by atoms with Crippen molar-refractivity contribution in [3.63, 3.8) is 0 Å². The minimum Gasteiger partial charge on any atom is -0.506 e. The summed E-state index contributed by atoms with van der Waals surface area (Å²) in [6.45, 7) is 1.81. The van der Waals surface area contributed by atoms with Crippen molar-refractivity contribution in [2.24, 2.45) is 0 Å². The Morgan fingerprint density at radius 1 is 1.19 bits per heavy atom. The lowest BCUT2D eigenvalue weighted by Crippen LogP contribution is -2.24. The zero-order valence-electron chi connectivity index (χ0n) is 12.0. The summed E-state index contributed by atoms with van der Waals surface area (Å²) in [5, 5.41) is 32.2. The van der Waals surface area contributed by atoms with Crippen LogP contribution in [-0.2, 0) is 13.2 Å². The fourth-order valence-electron chi connectivity index (χ4n) is 2.22. The van der Waals surface area contributed by atoms with Crippen molar-refractivity contribution in [3.8, 4) is 5.75 Å². The summed E-state index contributed by atoms with van der Waals surface area (Å²) in [5.41, 5.74) is 2.68. The number of nitrogens with zero attached hydrogens (tertiary/aromatic N) is 1. The van der Waals surface area contributed by atoms with E-state index >= 15 is 0 Å². The summed E-state index contributed by atoms with van der Waals surface area (Å²) < 4.78 is 0. The largest absolute Gasteiger partial charge is 0.506 e. The van der Waals surface area contributed by atoms with Gasteiger partial charge in [0.15, 0.2) is 0 Å². The summed E-state index contributed by atoms with van der Waals surface area (Å²) >= 11 is 0. The van der Waals surface area contributed by atoms with Gasteiger partial charge in [-0.2, -0.15) is 0 Å². The molecule has 21 heavy (non-hydrogen) atoms. The summed E-state index contributed by atoms with van der Waals surface area (Å²) in [5.74, 6) is 0.0822. The second-order valence-corrected chi connectivity index (χ2v) is 4.88. The maximum absolute atomic E-state index is 10.1. The Hall–Kier alpha value is -1.95. The van der Waals surface area contributed by atoms with Crippen LogP contribution in [0.3, 0.4) is 0 Å². The van der Waals surface area contributed by atoms with Crippen LogP contribution in [-0.4, -0.2) is 26.9 Å². The van der Waals surface area contributed by atoms with Crippen LogP contribution in [0, 0.1) is 6.92 Å². The molecule has 4 N–H and O–H groups in total. The van der Waals surface area contributed by atoms with E-state index in [2.05, 4.69) is 10.3 Å². The van der Waals surface area contributed by atoms with Crippen LogP contribution in [0.2, 0.25) is 0 Å². The van der Waals surface area contributed by atoms with E-state index in [1.54, 1.807) is 13.1 Å². The van der Waals surface area contributed by atoms with Gasteiger partial charge < -0.3 is 20.6 Å².